The van der Waals surface area contributed by atoms with Gasteiger partial charge in [0.15, 0.2) is 6.04 Å². The van der Waals surface area contributed by atoms with Crippen molar-refractivity contribution in [2.24, 2.45) is 0 Å². The number of urea groups is 1. The molecule has 0 radical (unpaired) electrons. The molecule has 5 nitrogen and oxygen atoms in total. The Hall–Kier alpha value is -1.88. The van der Waals surface area contributed by atoms with Gasteiger partial charge >= 0.3 is 6.03 Å². The summed E-state index contributed by atoms with van der Waals surface area (Å²) >= 11 is 0. The SMILES string of the molecule is C[C@@H]([NH2+][C@H](C)c1ccccc1)C(=O)N1CCNC1=O. The minimum absolute atomic E-state index is 0.127. The Balaban J connectivity index is 1.95. The average molecular weight is 262 g/mol. The zero-order chi connectivity index (χ0) is 13.8. The molecule has 0 spiro atoms. The van der Waals surface area contributed by atoms with Gasteiger partial charge in [0.2, 0.25) is 0 Å². The fraction of sp³-hybridized carbons (Fsp3) is 0.429. The Morgan fingerprint density at radius 1 is 1.32 bits per heavy atom. The van der Waals surface area contributed by atoms with Gasteiger partial charge in [-0.2, -0.15) is 0 Å². The summed E-state index contributed by atoms with van der Waals surface area (Å²) in [6.45, 7) is 4.91. The van der Waals surface area contributed by atoms with Gasteiger partial charge in [0.1, 0.15) is 6.04 Å². The van der Waals surface area contributed by atoms with E-state index in [-0.39, 0.29) is 24.0 Å². The maximum atomic E-state index is 12.2. The number of imide groups is 1. The Morgan fingerprint density at radius 2 is 2.00 bits per heavy atom. The summed E-state index contributed by atoms with van der Waals surface area (Å²) in [4.78, 5) is 24.9. The van der Waals surface area contributed by atoms with Gasteiger partial charge in [0.05, 0.1) is 0 Å². The second kappa shape index (κ2) is 5.84. The molecule has 102 valence electrons. The van der Waals surface area contributed by atoms with Crippen LogP contribution in [0.3, 0.4) is 0 Å². The van der Waals surface area contributed by atoms with Crippen molar-refractivity contribution < 1.29 is 14.9 Å². The molecule has 0 unspecified atom stereocenters. The summed E-state index contributed by atoms with van der Waals surface area (Å²) in [6.07, 6.45) is 0. The second-order valence-electron chi connectivity index (χ2n) is 4.90. The number of rotatable bonds is 4. The third kappa shape index (κ3) is 3.12. The molecule has 2 rings (SSSR count). The molecular weight excluding hydrogens is 242 g/mol. The van der Waals surface area contributed by atoms with E-state index in [4.69, 9.17) is 0 Å². The van der Waals surface area contributed by atoms with Crippen LogP contribution in [0, 0.1) is 0 Å². The molecule has 3 N–H and O–H groups in total. The van der Waals surface area contributed by atoms with E-state index in [9.17, 15) is 9.59 Å². The van der Waals surface area contributed by atoms with Gasteiger partial charge in [-0.05, 0) is 13.8 Å². The molecule has 1 heterocycles. The van der Waals surface area contributed by atoms with Gasteiger partial charge in [0, 0.05) is 18.7 Å². The number of amides is 3. The van der Waals surface area contributed by atoms with Crippen molar-refractivity contribution in [3.63, 3.8) is 0 Å². The van der Waals surface area contributed by atoms with E-state index in [2.05, 4.69) is 12.2 Å². The number of quaternary nitrogens is 1. The molecule has 0 saturated carbocycles. The molecular formula is C14H20N3O2+. The smallest absolute Gasteiger partial charge is 0.324 e. The quantitative estimate of drug-likeness (QED) is 0.817. The maximum Gasteiger partial charge on any atom is 0.324 e. The number of benzene rings is 1. The van der Waals surface area contributed by atoms with E-state index < -0.39 is 0 Å². The Kier molecular flexibility index (Phi) is 4.16. The lowest BCUT2D eigenvalue weighted by Gasteiger charge is -2.20. The molecule has 1 aromatic rings. The number of carbonyl (C=O) groups is 2. The van der Waals surface area contributed by atoms with E-state index in [0.717, 1.165) is 0 Å². The molecule has 1 saturated heterocycles. The monoisotopic (exact) mass is 262 g/mol. The van der Waals surface area contributed by atoms with Crippen LogP contribution in [0.15, 0.2) is 30.3 Å². The number of nitrogens with one attached hydrogen (secondary N) is 1. The highest BCUT2D eigenvalue weighted by molar-refractivity contribution is 5.97. The molecule has 2 atom stereocenters. The van der Waals surface area contributed by atoms with Crippen LogP contribution in [0.1, 0.15) is 25.5 Å². The Labute approximate surface area is 113 Å². The summed E-state index contributed by atoms with van der Waals surface area (Å²) in [6, 6.07) is 9.67. The van der Waals surface area contributed by atoms with Crippen LogP contribution in [-0.2, 0) is 4.79 Å². The molecule has 0 aliphatic carbocycles. The van der Waals surface area contributed by atoms with Crippen molar-refractivity contribution in [3.05, 3.63) is 35.9 Å². The summed E-state index contributed by atoms with van der Waals surface area (Å²) < 4.78 is 0. The van der Waals surface area contributed by atoms with E-state index >= 15 is 0 Å². The van der Waals surface area contributed by atoms with Crippen LogP contribution >= 0.6 is 0 Å². The van der Waals surface area contributed by atoms with E-state index in [1.54, 1.807) is 0 Å². The molecule has 1 fully saturated rings. The van der Waals surface area contributed by atoms with Crippen LogP contribution in [0.25, 0.3) is 0 Å². The van der Waals surface area contributed by atoms with Crippen molar-refractivity contribution in [2.75, 3.05) is 13.1 Å². The van der Waals surface area contributed by atoms with E-state index in [0.29, 0.717) is 13.1 Å². The first kappa shape index (κ1) is 13.5. The van der Waals surface area contributed by atoms with Gasteiger partial charge in [-0.25, -0.2) is 4.79 Å². The average Bonchev–Trinajstić information content (AvgIpc) is 2.85. The van der Waals surface area contributed by atoms with Crippen LogP contribution in [0.5, 0.6) is 0 Å². The Morgan fingerprint density at radius 3 is 2.58 bits per heavy atom. The van der Waals surface area contributed by atoms with Crippen LogP contribution in [0.2, 0.25) is 0 Å². The fourth-order valence-corrected chi connectivity index (χ4v) is 2.31. The lowest BCUT2D eigenvalue weighted by molar-refractivity contribution is -0.710. The zero-order valence-electron chi connectivity index (χ0n) is 11.3. The molecule has 0 bridgehead atoms. The van der Waals surface area contributed by atoms with Crippen molar-refractivity contribution in [1.82, 2.24) is 10.2 Å². The predicted molar refractivity (Wildman–Crippen MR) is 71.4 cm³/mol. The summed E-state index contributed by atoms with van der Waals surface area (Å²) in [5, 5.41) is 4.63. The van der Waals surface area contributed by atoms with Crippen molar-refractivity contribution in [2.45, 2.75) is 25.9 Å². The molecule has 1 aliphatic heterocycles. The van der Waals surface area contributed by atoms with Crippen molar-refractivity contribution in [3.8, 4) is 0 Å². The van der Waals surface area contributed by atoms with Gasteiger partial charge in [-0.3, -0.25) is 9.69 Å². The Bertz CT molecular complexity index is 461. The number of carbonyl (C=O) groups excluding carboxylic acids is 2. The normalized spacial score (nSPS) is 18.0. The fourth-order valence-electron chi connectivity index (χ4n) is 2.31. The first-order valence-corrected chi connectivity index (χ1v) is 6.58. The van der Waals surface area contributed by atoms with Crippen LogP contribution < -0.4 is 10.6 Å². The first-order chi connectivity index (χ1) is 9.09. The summed E-state index contributed by atoms with van der Waals surface area (Å²) in [5.41, 5.74) is 1.17. The number of hydrogen-bond donors (Lipinski definition) is 2. The van der Waals surface area contributed by atoms with E-state index in [1.165, 1.54) is 10.5 Å². The number of nitrogens with zero attached hydrogens (tertiary/aromatic N) is 1. The molecule has 5 heteroatoms. The van der Waals surface area contributed by atoms with E-state index in [1.807, 2.05) is 42.6 Å². The lowest BCUT2D eigenvalue weighted by Crippen LogP contribution is -2.92. The highest BCUT2D eigenvalue weighted by Crippen LogP contribution is 2.07. The second-order valence-corrected chi connectivity index (χ2v) is 4.90. The van der Waals surface area contributed by atoms with Gasteiger partial charge < -0.3 is 10.6 Å². The molecule has 19 heavy (non-hydrogen) atoms. The van der Waals surface area contributed by atoms with Crippen molar-refractivity contribution in [1.29, 1.82) is 0 Å². The molecule has 0 aromatic heterocycles. The zero-order valence-corrected chi connectivity index (χ0v) is 11.3. The third-order valence-electron chi connectivity index (χ3n) is 3.42. The standard InChI is InChI=1S/C14H19N3O2/c1-10(12-6-4-3-5-7-12)16-11(2)13(18)17-9-8-15-14(17)19/h3-7,10-11,16H,8-9H2,1-2H3,(H,15,19)/p+1/t10-,11-/m1/s1. The first-order valence-electron chi connectivity index (χ1n) is 6.58. The number of hydrogen-bond acceptors (Lipinski definition) is 2. The highest BCUT2D eigenvalue weighted by atomic mass is 16.2. The van der Waals surface area contributed by atoms with Gasteiger partial charge in [-0.15, -0.1) is 0 Å². The minimum atomic E-state index is -0.280. The lowest BCUT2D eigenvalue weighted by atomic mass is 10.1. The van der Waals surface area contributed by atoms with Crippen LogP contribution in [-0.4, -0.2) is 36.0 Å². The van der Waals surface area contributed by atoms with Crippen molar-refractivity contribution >= 4 is 11.9 Å². The molecule has 3 amide bonds. The van der Waals surface area contributed by atoms with Gasteiger partial charge in [-0.1, -0.05) is 30.3 Å². The highest BCUT2D eigenvalue weighted by Gasteiger charge is 2.32. The summed E-state index contributed by atoms with van der Waals surface area (Å²) in [7, 11) is 0. The maximum absolute atomic E-state index is 12.2. The van der Waals surface area contributed by atoms with Crippen LogP contribution in [0.4, 0.5) is 4.79 Å². The predicted octanol–water partition coefficient (Wildman–Crippen LogP) is 0.251. The topological polar surface area (TPSA) is 66.0 Å². The third-order valence-corrected chi connectivity index (χ3v) is 3.42. The minimum Gasteiger partial charge on any atom is -0.336 e. The van der Waals surface area contributed by atoms with Gasteiger partial charge in [0.25, 0.3) is 5.91 Å². The largest absolute Gasteiger partial charge is 0.336 e. The molecule has 1 aliphatic rings. The summed E-state index contributed by atoms with van der Waals surface area (Å²) in [5.74, 6) is -0.127. The molecule has 1 aromatic carbocycles. The number of nitrogens with two attached hydrogens (primary N) is 1.